The Bertz CT molecular complexity index is 1390. The second-order valence-electron chi connectivity index (χ2n) is 10.7. The van der Waals surface area contributed by atoms with E-state index in [-0.39, 0.29) is 35.7 Å². The minimum atomic E-state index is -0.759. The van der Waals surface area contributed by atoms with Crippen molar-refractivity contribution in [2.24, 2.45) is 11.8 Å². The molecule has 3 aromatic rings. The molecule has 2 amide bonds. The lowest BCUT2D eigenvalue weighted by Crippen LogP contribution is -2.47. The van der Waals surface area contributed by atoms with Gasteiger partial charge in [0, 0.05) is 40.8 Å². The van der Waals surface area contributed by atoms with Gasteiger partial charge >= 0.3 is 5.97 Å². The number of ether oxygens (including phenoxy) is 1. The van der Waals surface area contributed by atoms with Gasteiger partial charge in [-0.25, -0.2) is 0 Å². The predicted molar refractivity (Wildman–Crippen MR) is 155 cm³/mol. The van der Waals surface area contributed by atoms with E-state index in [4.69, 9.17) is 16.3 Å². The standard InChI is InChI=1S/C32H33ClN2O5/c1-20-18-30(35(21(2)36)25-14-12-24(33)13-15-25)28-7-3-4-9-29(28)34(20)31(37)22-10-16-26(17-11-22)40-19-23-6-5-8-27(23)32(38)39/h3-4,7,9-17,20,23,27,30H,5-6,8,18-19H2,1-2H3,(H,38,39)/t20-,23?,27+,30+/m0/s1. The highest BCUT2D eigenvalue weighted by Gasteiger charge is 2.38. The molecule has 5 rings (SSSR count). The van der Waals surface area contributed by atoms with Gasteiger partial charge < -0.3 is 19.6 Å². The van der Waals surface area contributed by atoms with Crippen molar-refractivity contribution < 1.29 is 24.2 Å². The molecule has 1 heterocycles. The molecule has 40 heavy (non-hydrogen) atoms. The number of carboxylic acids is 1. The maximum atomic E-state index is 13.8. The van der Waals surface area contributed by atoms with Crippen LogP contribution in [-0.4, -0.2) is 35.5 Å². The number of anilines is 2. The van der Waals surface area contributed by atoms with Crippen molar-refractivity contribution in [2.75, 3.05) is 16.4 Å². The Balaban J connectivity index is 1.36. The third-order valence-electron chi connectivity index (χ3n) is 8.08. The summed E-state index contributed by atoms with van der Waals surface area (Å²) in [6.07, 6.45) is 3.01. The number of fused-ring (bicyclic) bond motifs is 1. The highest BCUT2D eigenvalue weighted by Crippen LogP contribution is 2.43. The topological polar surface area (TPSA) is 87.2 Å². The van der Waals surface area contributed by atoms with Crippen molar-refractivity contribution >= 4 is 40.8 Å². The summed E-state index contributed by atoms with van der Waals surface area (Å²) in [5.74, 6) is -0.724. The molecule has 0 saturated heterocycles. The van der Waals surface area contributed by atoms with Gasteiger partial charge in [0.1, 0.15) is 5.75 Å². The number of nitrogens with zero attached hydrogens (tertiary/aromatic N) is 2. The molecule has 3 aromatic carbocycles. The molecular formula is C32H33ClN2O5. The molecule has 4 atom stereocenters. The van der Waals surface area contributed by atoms with E-state index in [1.54, 1.807) is 53.1 Å². The van der Waals surface area contributed by atoms with Crippen LogP contribution >= 0.6 is 11.6 Å². The van der Waals surface area contributed by atoms with E-state index >= 15 is 0 Å². The molecule has 0 radical (unpaired) electrons. The van der Waals surface area contributed by atoms with Gasteiger partial charge in [-0.05, 0) is 86.3 Å². The molecule has 1 aliphatic carbocycles. The van der Waals surface area contributed by atoms with Gasteiger partial charge in [-0.2, -0.15) is 0 Å². The van der Waals surface area contributed by atoms with Crippen molar-refractivity contribution in [3.8, 4) is 5.75 Å². The van der Waals surface area contributed by atoms with Crippen LogP contribution in [0.1, 0.15) is 61.5 Å². The summed E-state index contributed by atoms with van der Waals surface area (Å²) in [5, 5.41) is 10.0. The highest BCUT2D eigenvalue weighted by atomic mass is 35.5. The van der Waals surface area contributed by atoms with E-state index in [0.717, 1.165) is 29.8 Å². The zero-order valence-electron chi connectivity index (χ0n) is 22.6. The summed E-state index contributed by atoms with van der Waals surface area (Å²) in [5.41, 5.74) is 2.96. The Morgan fingerprint density at radius 3 is 2.38 bits per heavy atom. The maximum absolute atomic E-state index is 13.8. The van der Waals surface area contributed by atoms with Gasteiger partial charge in [0.2, 0.25) is 5.91 Å². The van der Waals surface area contributed by atoms with E-state index in [1.165, 1.54) is 0 Å². The first-order chi connectivity index (χ1) is 19.2. The lowest BCUT2D eigenvalue weighted by Gasteiger charge is -2.43. The Morgan fingerprint density at radius 1 is 1.00 bits per heavy atom. The maximum Gasteiger partial charge on any atom is 0.306 e. The molecule has 1 N–H and O–H groups in total. The monoisotopic (exact) mass is 560 g/mol. The van der Waals surface area contributed by atoms with Crippen LogP contribution < -0.4 is 14.5 Å². The number of carbonyl (C=O) groups excluding carboxylic acids is 2. The molecule has 208 valence electrons. The number of benzene rings is 3. The predicted octanol–water partition coefficient (Wildman–Crippen LogP) is 6.75. The first-order valence-corrected chi connectivity index (χ1v) is 14.1. The minimum Gasteiger partial charge on any atom is -0.493 e. The van der Waals surface area contributed by atoms with E-state index in [9.17, 15) is 19.5 Å². The zero-order valence-corrected chi connectivity index (χ0v) is 23.4. The molecule has 0 aromatic heterocycles. The van der Waals surface area contributed by atoms with E-state index in [2.05, 4.69) is 0 Å². The van der Waals surface area contributed by atoms with Gasteiger partial charge in [-0.1, -0.05) is 36.2 Å². The average molecular weight is 561 g/mol. The third-order valence-corrected chi connectivity index (χ3v) is 8.33. The SMILES string of the molecule is CC(=O)N(c1ccc(Cl)cc1)[C@@H]1C[C@H](C)N(C(=O)c2ccc(OCC3CCC[C@H]3C(=O)O)cc2)c2ccccc21. The molecule has 0 bridgehead atoms. The normalized spacial score (nSPS) is 21.9. The summed E-state index contributed by atoms with van der Waals surface area (Å²) in [4.78, 5) is 41.7. The number of amides is 2. The zero-order chi connectivity index (χ0) is 28.4. The largest absolute Gasteiger partial charge is 0.493 e. The summed E-state index contributed by atoms with van der Waals surface area (Å²) in [6, 6.07) is 21.6. The van der Waals surface area contributed by atoms with Crippen LogP contribution in [-0.2, 0) is 9.59 Å². The third kappa shape index (κ3) is 5.56. The van der Waals surface area contributed by atoms with Gasteiger partial charge in [-0.3, -0.25) is 14.4 Å². The number of carbonyl (C=O) groups is 3. The number of hydrogen-bond acceptors (Lipinski definition) is 4. The lowest BCUT2D eigenvalue weighted by molar-refractivity contribution is -0.143. The molecule has 1 saturated carbocycles. The van der Waals surface area contributed by atoms with Gasteiger partial charge in [0.05, 0.1) is 18.6 Å². The van der Waals surface area contributed by atoms with Crippen LogP contribution in [0.3, 0.4) is 0 Å². The molecule has 8 heteroatoms. The van der Waals surface area contributed by atoms with Crippen LogP contribution in [0.4, 0.5) is 11.4 Å². The van der Waals surface area contributed by atoms with Crippen molar-refractivity contribution in [1.82, 2.24) is 0 Å². The molecule has 1 unspecified atom stereocenters. The molecule has 7 nitrogen and oxygen atoms in total. The lowest BCUT2D eigenvalue weighted by atomic mass is 9.89. The minimum absolute atomic E-state index is 0.0000964. The van der Waals surface area contributed by atoms with Crippen LogP contribution in [0.5, 0.6) is 5.75 Å². The van der Waals surface area contributed by atoms with Crippen LogP contribution in [0.2, 0.25) is 5.02 Å². The van der Waals surface area contributed by atoms with Gasteiger partial charge in [-0.15, -0.1) is 0 Å². The molecule has 0 spiro atoms. The first-order valence-electron chi connectivity index (χ1n) is 13.7. The molecule has 1 aliphatic heterocycles. The summed E-state index contributed by atoms with van der Waals surface area (Å²) < 4.78 is 5.91. The van der Waals surface area contributed by atoms with Crippen molar-refractivity contribution in [3.05, 3.63) is 88.9 Å². The van der Waals surface area contributed by atoms with Gasteiger partial charge in [0.15, 0.2) is 0 Å². The Kier molecular flexibility index (Phi) is 8.12. The average Bonchev–Trinajstić information content (AvgIpc) is 3.42. The quantitative estimate of drug-likeness (QED) is 0.345. The summed E-state index contributed by atoms with van der Waals surface area (Å²) >= 11 is 6.10. The first kappa shape index (κ1) is 27.7. The molecule has 1 fully saturated rings. The number of hydrogen-bond donors (Lipinski definition) is 1. The smallest absolute Gasteiger partial charge is 0.306 e. The number of aliphatic carboxylic acids is 1. The van der Waals surface area contributed by atoms with Crippen LogP contribution in [0.25, 0.3) is 0 Å². The number of carboxylic acid groups (broad SMARTS) is 1. The molecular weight excluding hydrogens is 528 g/mol. The second kappa shape index (κ2) is 11.7. The van der Waals surface area contributed by atoms with Crippen LogP contribution in [0, 0.1) is 11.8 Å². The van der Waals surface area contributed by atoms with E-state index in [1.807, 2.05) is 43.3 Å². The van der Waals surface area contributed by atoms with Crippen molar-refractivity contribution in [1.29, 1.82) is 0 Å². The van der Waals surface area contributed by atoms with Crippen molar-refractivity contribution in [3.63, 3.8) is 0 Å². The number of para-hydroxylation sites is 1. The van der Waals surface area contributed by atoms with Gasteiger partial charge in [0.25, 0.3) is 5.91 Å². The summed E-state index contributed by atoms with van der Waals surface area (Å²) in [6.45, 7) is 3.90. The highest BCUT2D eigenvalue weighted by molar-refractivity contribution is 6.30. The fraction of sp³-hybridized carbons (Fsp3) is 0.344. The van der Waals surface area contributed by atoms with Crippen LogP contribution in [0.15, 0.2) is 72.8 Å². The van der Waals surface area contributed by atoms with E-state index < -0.39 is 5.97 Å². The van der Waals surface area contributed by atoms with Crippen molar-refractivity contribution in [2.45, 2.75) is 51.6 Å². The Labute approximate surface area is 239 Å². The molecule has 2 aliphatic rings. The summed E-state index contributed by atoms with van der Waals surface area (Å²) in [7, 11) is 0. The fourth-order valence-corrected chi connectivity index (χ4v) is 6.24. The number of rotatable bonds is 7. The van der Waals surface area contributed by atoms with E-state index in [0.29, 0.717) is 35.8 Å². The number of halogens is 1. The second-order valence-corrected chi connectivity index (χ2v) is 11.1. The Morgan fingerprint density at radius 2 is 1.70 bits per heavy atom. The fourth-order valence-electron chi connectivity index (χ4n) is 6.12. The Hall–Kier alpha value is -3.84.